The minimum Gasteiger partial charge on any atom is -0.461 e. The monoisotopic (exact) mass is 390 g/mol. The summed E-state index contributed by atoms with van der Waals surface area (Å²) < 4.78 is 7.45. The molecule has 1 N–H and O–H groups in total. The fraction of sp³-hybridized carbons (Fsp3) is 0.278. The fourth-order valence-electron chi connectivity index (χ4n) is 2.36. The van der Waals surface area contributed by atoms with E-state index >= 15 is 0 Å². The summed E-state index contributed by atoms with van der Waals surface area (Å²) in [4.78, 5) is 12.2. The first-order valence-electron chi connectivity index (χ1n) is 8.32. The van der Waals surface area contributed by atoms with Crippen LogP contribution in [0.3, 0.4) is 0 Å². The Hall–Kier alpha value is -2.25. The summed E-state index contributed by atoms with van der Waals surface area (Å²) in [6, 6.07) is 10.7. The molecule has 0 radical (unpaired) electrons. The molecule has 6 nitrogen and oxygen atoms in total. The maximum absolute atomic E-state index is 12.2. The van der Waals surface area contributed by atoms with Gasteiger partial charge in [0.2, 0.25) is 5.91 Å². The molecule has 0 aliphatic rings. The van der Waals surface area contributed by atoms with Crippen molar-refractivity contribution in [2.24, 2.45) is 0 Å². The highest BCUT2D eigenvalue weighted by atomic mass is 35.5. The molecule has 3 aromatic rings. The van der Waals surface area contributed by atoms with Gasteiger partial charge in [-0.2, -0.15) is 0 Å². The van der Waals surface area contributed by atoms with Crippen LogP contribution in [-0.2, 0) is 11.3 Å². The van der Waals surface area contributed by atoms with Gasteiger partial charge < -0.3 is 9.73 Å². The second-order valence-corrected chi connectivity index (χ2v) is 7.01. The highest BCUT2D eigenvalue weighted by Crippen LogP contribution is 2.25. The highest BCUT2D eigenvalue weighted by Gasteiger charge is 2.17. The number of nitrogens with one attached hydrogen (secondary N) is 1. The van der Waals surface area contributed by atoms with E-state index in [1.807, 2.05) is 16.7 Å². The van der Waals surface area contributed by atoms with E-state index in [0.29, 0.717) is 27.5 Å². The van der Waals surface area contributed by atoms with Gasteiger partial charge in [0, 0.05) is 17.3 Å². The summed E-state index contributed by atoms with van der Waals surface area (Å²) in [6.45, 7) is 2.91. The number of hydrogen-bond donors (Lipinski definition) is 1. The van der Waals surface area contributed by atoms with Crippen LogP contribution < -0.4 is 5.32 Å². The van der Waals surface area contributed by atoms with E-state index in [1.165, 1.54) is 11.8 Å². The van der Waals surface area contributed by atoms with Crippen LogP contribution in [0.15, 0.2) is 52.2 Å². The molecule has 8 heteroatoms. The first kappa shape index (κ1) is 18.5. The van der Waals surface area contributed by atoms with E-state index in [9.17, 15) is 4.79 Å². The SMILES string of the molecule is CCCCn1c(SCC(=O)Nc2ccc(Cl)cc2)nnc1-c1ccco1. The Kier molecular flexibility index (Phi) is 6.35. The first-order valence-corrected chi connectivity index (χ1v) is 9.69. The number of nitrogens with zero attached hydrogens (tertiary/aromatic N) is 3. The molecule has 1 aromatic carbocycles. The van der Waals surface area contributed by atoms with Crippen molar-refractivity contribution in [1.82, 2.24) is 14.8 Å². The molecular formula is C18H19ClN4O2S. The molecule has 0 saturated carbocycles. The minimum absolute atomic E-state index is 0.109. The summed E-state index contributed by atoms with van der Waals surface area (Å²) in [5.74, 6) is 1.49. The lowest BCUT2D eigenvalue weighted by molar-refractivity contribution is -0.113. The number of rotatable bonds is 8. The zero-order chi connectivity index (χ0) is 18.4. The average Bonchev–Trinajstić information content (AvgIpc) is 3.29. The molecule has 2 aromatic heterocycles. The fourth-order valence-corrected chi connectivity index (χ4v) is 3.25. The number of hydrogen-bond acceptors (Lipinski definition) is 5. The normalized spacial score (nSPS) is 10.8. The van der Waals surface area contributed by atoms with Gasteiger partial charge in [-0.05, 0) is 42.8 Å². The van der Waals surface area contributed by atoms with Gasteiger partial charge in [0.25, 0.3) is 0 Å². The van der Waals surface area contributed by atoms with Crippen LogP contribution in [0.25, 0.3) is 11.6 Å². The summed E-state index contributed by atoms with van der Waals surface area (Å²) in [5.41, 5.74) is 0.712. The predicted molar refractivity (Wildman–Crippen MR) is 103 cm³/mol. The molecule has 0 saturated heterocycles. The second-order valence-electron chi connectivity index (χ2n) is 5.63. The Morgan fingerprint density at radius 2 is 2.08 bits per heavy atom. The topological polar surface area (TPSA) is 73.0 Å². The quantitative estimate of drug-likeness (QED) is 0.563. The largest absolute Gasteiger partial charge is 0.461 e. The minimum atomic E-state index is -0.109. The van der Waals surface area contributed by atoms with Crippen LogP contribution in [0.4, 0.5) is 5.69 Å². The molecule has 136 valence electrons. The Morgan fingerprint density at radius 3 is 2.77 bits per heavy atom. The van der Waals surface area contributed by atoms with E-state index in [2.05, 4.69) is 22.4 Å². The van der Waals surface area contributed by atoms with Crippen LogP contribution in [0.2, 0.25) is 5.02 Å². The molecule has 1 amide bonds. The van der Waals surface area contributed by atoms with Crippen molar-refractivity contribution in [3.8, 4) is 11.6 Å². The maximum atomic E-state index is 12.2. The number of carbonyl (C=O) groups excluding carboxylic acids is 1. The molecule has 0 spiro atoms. The van der Waals surface area contributed by atoms with Gasteiger partial charge in [-0.3, -0.25) is 9.36 Å². The number of halogens is 1. The summed E-state index contributed by atoms with van der Waals surface area (Å²) in [7, 11) is 0. The van der Waals surface area contributed by atoms with Crippen molar-refractivity contribution in [3.63, 3.8) is 0 Å². The number of anilines is 1. The van der Waals surface area contributed by atoms with Crippen molar-refractivity contribution < 1.29 is 9.21 Å². The number of benzene rings is 1. The van der Waals surface area contributed by atoms with E-state index in [1.54, 1.807) is 30.5 Å². The predicted octanol–water partition coefficient (Wildman–Crippen LogP) is 4.72. The van der Waals surface area contributed by atoms with Gasteiger partial charge in [-0.25, -0.2) is 0 Å². The molecule has 26 heavy (non-hydrogen) atoms. The molecule has 0 bridgehead atoms. The number of aromatic nitrogens is 3. The zero-order valence-corrected chi connectivity index (χ0v) is 15.9. The third kappa shape index (κ3) is 4.68. The van der Waals surface area contributed by atoms with Crippen LogP contribution in [-0.4, -0.2) is 26.4 Å². The average molecular weight is 391 g/mol. The van der Waals surface area contributed by atoms with Gasteiger partial charge in [-0.1, -0.05) is 36.7 Å². The van der Waals surface area contributed by atoms with Gasteiger partial charge in [0.1, 0.15) is 0 Å². The Morgan fingerprint density at radius 1 is 1.27 bits per heavy atom. The van der Waals surface area contributed by atoms with Gasteiger partial charge in [-0.15, -0.1) is 10.2 Å². The zero-order valence-electron chi connectivity index (χ0n) is 14.3. The van der Waals surface area contributed by atoms with E-state index in [4.69, 9.17) is 16.0 Å². The molecule has 0 atom stereocenters. The number of amides is 1. The van der Waals surface area contributed by atoms with Crippen molar-refractivity contribution in [1.29, 1.82) is 0 Å². The number of carbonyl (C=O) groups is 1. The summed E-state index contributed by atoms with van der Waals surface area (Å²) in [5, 5.41) is 12.6. The van der Waals surface area contributed by atoms with Crippen molar-refractivity contribution in [3.05, 3.63) is 47.7 Å². The van der Waals surface area contributed by atoms with Crippen LogP contribution in [0.1, 0.15) is 19.8 Å². The first-order chi connectivity index (χ1) is 12.7. The molecule has 0 aliphatic carbocycles. The number of furan rings is 1. The lowest BCUT2D eigenvalue weighted by atomic mass is 10.3. The molecular weight excluding hydrogens is 372 g/mol. The van der Waals surface area contributed by atoms with Crippen LogP contribution in [0.5, 0.6) is 0 Å². The van der Waals surface area contributed by atoms with E-state index < -0.39 is 0 Å². The molecule has 2 heterocycles. The second kappa shape index (κ2) is 8.91. The van der Waals surface area contributed by atoms with E-state index in [-0.39, 0.29) is 11.7 Å². The summed E-state index contributed by atoms with van der Waals surface area (Å²) >= 11 is 7.21. The molecule has 0 unspecified atom stereocenters. The third-order valence-corrected chi connectivity index (χ3v) is 4.87. The lowest BCUT2D eigenvalue weighted by Crippen LogP contribution is -2.14. The Bertz CT molecular complexity index is 847. The molecule has 0 aliphatic heterocycles. The lowest BCUT2D eigenvalue weighted by Gasteiger charge is -2.08. The third-order valence-electron chi connectivity index (χ3n) is 3.65. The van der Waals surface area contributed by atoms with Gasteiger partial charge in [0.15, 0.2) is 16.7 Å². The van der Waals surface area contributed by atoms with Gasteiger partial charge in [0.05, 0.1) is 12.0 Å². The van der Waals surface area contributed by atoms with Crippen LogP contribution in [0, 0.1) is 0 Å². The standard InChI is InChI=1S/C18H19ClN4O2S/c1-2-3-10-23-17(15-5-4-11-25-15)21-22-18(23)26-12-16(24)20-14-8-6-13(19)7-9-14/h4-9,11H,2-3,10,12H2,1H3,(H,20,24). The number of unbranched alkanes of at least 4 members (excludes halogenated alkanes) is 1. The Labute approximate surface area is 160 Å². The maximum Gasteiger partial charge on any atom is 0.234 e. The highest BCUT2D eigenvalue weighted by molar-refractivity contribution is 7.99. The molecule has 0 fully saturated rings. The van der Waals surface area contributed by atoms with Crippen LogP contribution >= 0.6 is 23.4 Å². The van der Waals surface area contributed by atoms with Crippen molar-refractivity contribution in [2.75, 3.05) is 11.1 Å². The van der Waals surface area contributed by atoms with E-state index in [0.717, 1.165) is 19.4 Å². The van der Waals surface area contributed by atoms with Crippen molar-refractivity contribution >= 4 is 35.0 Å². The van der Waals surface area contributed by atoms with Gasteiger partial charge >= 0.3 is 0 Å². The number of thioether (sulfide) groups is 1. The Balaban J connectivity index is 1.67. The molecule has 3 rings (SSSR count). The van der Waals surface area contributed by atoms with Crippen molar-refractivity contribution in [2.45, 2.75) is 31.5 Å². The smallest absolute Gasteiger partial charge is 0.234 e. The summed E-state index contributed by atoms with van der Waals surface area (Å²) in [6.07, 6.45) is 3.66.